The van der Waals surface area contributed by atoms with Crippen molar-refractivity contribution in [2.45, 2.75) is 25.4 Å². The van der Waals surface area contributed by atoms with Gasteiger partial charge in [0.05, 0.1) is 12.7 Å². The van der Waals surface area contributed by atoms with E-state index in [9.17, 15) is 0 Å². The molecule has 0 aromatic carbocycles. The second-order valence-electron chi connectivity index (χ2n) is 2.79. The van der Waals surface area contributed by atoms with Crippen LogP contribution in [0.2, 0.25) is 0 Å². The SMILES string of the molecule is SCCCOCC1CCCO1. The first-order valence-electron chi connectivity index (χ1n) is 4.23. The van der Waals surface area contributed by atoms with Gasteiger partial charge < -0.3 is 9.47 Å². The molecule has 0 aromatic rings. The van der Waals surface area contributed by atoms with Crippen molar-refractivity contribution in [2.75, 3.05) is 25.6 Å². The van der Waals surface area contributed by atoms with E-state index in [0.29, 0.717) is 6.10 Å². The summed E-state index contributed by atoms with van der Waals surface area (Å²) < 4.78 is 10.8. The lowest BCUT2D eigenvalue weighted by molar-refractivity contribution is 0.0177. The third-order valence-electron chi connectivity index (χ3n) is 1.77. The molecule has 1 fully saturated rings. The van der Waals surface area contributed by atoms with Crippen LogP contribution in [0, 0.1) is 0 Å². The van der Waals surface area contributed by atoms with Crippen molar-refractivity contribution in [3.8, 4) is 0 Å². The monoisotopic (exact) mass is 176 g/mol. The molecule has 0 radical (unpaired) electrons. The maximum atomic E-state index is 5.39. The molecule has 0 spiro atoms. The van der Waals surface area contributed by atoms with Crippen LogP contribution in [0.5, 0.6) is 0 Å². The molecule has 1 atom stereocenters. The van der Waals surface area contributed by atoms with Crippen LogP contribution in [0.1, 0.15) is 19.3 Å². The van der Waals surface area contributed by atoms with Crippen LogP contribution in [0.15, 0.2) is 0 Å². The molecule has 0 bridgehead atoms. The van der Waals surface area contributed by atoms with Gasteiger partial charge >= 0.3 is 0 Å². The Kier molecular flexibility index (Phi) is 4.99. The topological polar surface area (TPSA) is 18.5 Å². The molecular weight excluding hydrogens is 160 g/mol. The lowest BCUT2D eigenvalue weighted by atomic mass is 10.2. The van der Waals surface area contributed by atoms with Crippen LogP contribution in [-0.2, 0) is 9.47 Å². The van der Waals surface area contributed by atoms with E-state index < -0.39 is 0 Å². The number of hydrogen-bond donors (Lipinski definition) is 1. The number of thiol groups is 1. The van der Waals surface area contributed by atoms with E-state index >= 15 is 0 Å². The quantitative estimate of drug-likeness (QED) is 0.505. The van der Waals surface area contributed by atoms with E-state index in [4.69, 9.17) is 9.47 Å². The Morgan fingerprint density at radius 1 is 1.55 bits per heavy atom. The normalized spacial score (nSPS) is 24.3. The van der Waals surface area contributed by atoms with Crippen LogP contribution in [-0.4, -0.2) is 31.7 Å². The Hall–Kier alpha value is 0.270. The van der Waals surface area contributed by atoms with E-state index in [-0.39, 0.29) is 0 Å². The molecule has 3 heteroatoms. The zero-order chi connectivity index (χ0) is 7.94. The Labute approximate surface area is 73.7 Å². The van der Waals surface area contributed by atoms with Gasteiger partial charge in [-0.15, -0.1) is 0 Å². The molecule has 0 N–H and O–H groups in total. The first-order chi connectivity index (χ1) is 5.43. The van der Waals surface area contributed by atoms with Gasteiger partial charge in [-0.25, -0.2) is 0 Å². The molecule has 1 saturated heterocycles. The van der Waals surface area contributed by atoms with Gasteiger partial charge in [0.2, 0.25) is 0 Å². The van der Waals surface area contributed by atoms with E-state index in [1.165, 1.54) is 12.8 Å². The fraction of sp³-hybridized carbons (Fsp3) is 1.00. The fourth-order valence-electron chi connectivity index (χ4n) is 1.16. The number of rotatable bonds is 5. The van der Waals surface area contributed by atoms with Crippen molar-refractivity contribution >= 4 is 12.6 Å². The third kappa shape index (κ3) is 3.99. The van der Waals surface area contributed by atoms with Crippen LogP contribution >= 0.6 is 12.6 Å². The molecule has 1 rings (SSSR count). The molecule has 0 amide bonds. The van der Waals surface area contributed by atoms with Crippen molar-refractivity contribution < 1.29 is 9.47 Å². The molecule has 0 aromatic heterocycles. The summed E-state index contributed by atoms with van der Waals surface area (Å²) >= 11 is 4.09. The molecule has 1 heterocycles. The van der Waals surface area contributed by atoms with Crippen LogP contribution < -0.4 is 0 Å². The summed E-state index contributed by atoms with van der Waals surface area (Å²) in [6, 6.07) is 0. The van der Waals surface area contributed by atoms with Crippen LogP contribution in [0.25, 0.3) is 0 Å². The van der Waals surface area contributed by atoms with Crippen molar-refractivity contribution in [3.05, 3.63) is 0 Å². The fourth-order valence-corrected chi connectivity index (χ4v) is 1.29. The Morgan fingerprint density at radius 2 is 2.45 bits per heavy atom. The van der Waals surface area contributed by atoms with E-state index in [0.717, 1.165) is 32.0 Å². The minimum atomic E-state index is 0.370. The smallest absolute Gasteiger partial charge is 0.0809 e. The Balaban J connectivity index is 1.86. The maximum absolute atomic E-state index is 5.39. The molecule has 11 heavy (non-hydrogen) atoms. The average Bonchev–Trinajstić information content (AvgIpc) is 2.50. The van der Waals surface area contributed by atoms with Gasteiger partial charge in [-0.3, -0.25) is 0 Å². The second kappa shape index (κ2) is 5.86. The number of hydrogen-bond acceptors (Lipinski definition) is 3. The summed E-state index contributed by atoms with van der Waals surface area (Å²) in [5.74, 6) is 0.908. The van der Waals surface area contributed by atoms with Gasteiger partial charge in [0.25, 0.3) is 0 Å². The Morgan fingerprint density at radius 3 is 3.09 bits per heavy atom. The first-order valence-corrected chi connectivity index (χ1v) is 4.87. The van der Waals surface area contributed by atoms with Gasteiger partial charge in [-0.2, -0.15) is 12.6 Å². The molecule has 0 aliphatic carbocycles. The maximum Gasteiger partial charge on any atom is 0.0809 e. The molecule has 1 aliphatic heterocycles. The lowest BCUT2D eigenvalue weighted by Crippen LogP contribution is -2.14. The molecule has 66 valence electrons. The minimum Gasteiger partial charge on any atom is -0.379 e. The van der Waals surface area contributed by atoms with Gasteiger partial charge in [-0.05, 0) is 25.0 Å². The van der Waals surface area contributed by atoms with Crippen molar-refractivity contribution in [2.24, 2.45) is 0 Å². The van der Waals surface area contributed by atoms with Gasteiger partial charge in [0.15, 0.2) is 0 Å². The van der Waals surface area contributed by atoms with Crippen LogP contribution in [0.3, 0.4) is 0 Å². The van der Waals surface area contributed by atoms with E-state index in [2.05, 4.69) is 12.6 Å². The highest BCUT2D eigenvalue weighted by Gasteiger charge is 2.14. The summed E-state index contributed by atoms with van der Waals surface area (Å²) in [4.78, 5) is 0. The summed E-state index contributed by atoms with van der Waals surface area (Å²) in [5.41, 5.74) is 0. The van der Waals surface area contributed by atoms with Gasteiger partial charge in [-0.1, -0.05) is 0 Å². The zero-order valence-electron chi connectivity index (χ0n) is 6.79. The van der Waals surface area contributed by atoms with Crippen molar-refractivity contribution in [1.82, 2.24) is 0 Å². The standard InChI is InChI=1S/C8H16O2S/c11-6-2-4-9-7-8-3-1-5-10-8/h8,11H,1-7H2. The summed E-state index contributed by atoms with van der Waals surface area (Å²) in [5, 5.41) is 0. The summed E-state index contributed by atoms with van der Waals surface area (Å²) in [6.45, 7) is 2.51. The molecule has 1 aliphatic rings. The Bertz CT molecular complexity index is 92.1. The average molecular weight is 176 g/mol. The second-order valence-corrected chi connectivity index (χ2v) is 3.23. The number of ether oxygens (including phenoxy) is 2. The largest absolute Gasteiger partial charge is 0.379 e. The van der Waals surface area contributed by atoms with Crippen molar-refractivity contribution in [3.63, 3.8) is 0 Å². The highest BCUT2D eigenvalue weighted by molar-refractivity contribution is 7.80. The molecule has 0 saturated carbocycles. The molecular formula is C8H16O2S. The van der Waals surface area contributed by atoms with Crippen molar-refractivity contribution in [1.29, 1.82) is 0 Å². The summed E-state index contributed by atoms with van der Waals surface area (Å²) in [6.07, 6.45) is 3.77. The van der Waals surface area contributed by atoms with Crippen LogP contribution in [0.4, 0.5) is 0 Å². The van der Waals surface area contributed by atoms with Gasteiger partial charge in [0.1, 0.15) is 0 Å². The first kappa shape index (κ1) is 9.36. The minimum absolute atomic E-state index is 0.370. The van der Waals surface area contributed by atoms with Gasteiger partial charge in [0, 0.05) is 13.2 Å². The van der Waals surface area contributed by atoms with E-state index in [1.54, 1.807) is 0 Å². The highest BCUT2D eigenvalue weighted by Crippen LogP contribution is 2.11. The predicted molar refractivity (Wildman–Crippen MR) is 48.3 cm³/mol. The zero-order valence-corrected chi connectivity index (χ0v) is 7.69. The lowest BCUT2D eigenvalue weighted by Gasteiger charge is -2.08. The predicted octanol–water partition coefficient (Wildman–Crippen LogP) is 1.50. The summed E-state index contributed by atoms with van der Waals surface area (Å²) in [7, 11) is 0. The van der Waals surface area contributed by atoms with E-state index in [1.807, 2.05) is 0 Å². The molecule has 2 nitrogen and oxygen atoms in total. The molecule has 1 unspecified atom stereocenters. The highest BCUT2D eigenvalue weighted by atomic mass is 32.1. The third-order valence-corrected chi connectivity index (χ3v) is 2.09.